The standard InChI is InChI=1S/C11H10O4.C10H10O3/c1-14-9-3-2-7-4-8(11(12)13)6-15-10(7)5-9;1-12-9-3-2-7-4-8(11)6-13-10(7)5-9/h2-5H,6H2,1H3,(H,12,13);2-3,5H,4,6H2,1H3. The number of hydrogen-bond donors (Lipinski definition) is 1. The van der Waals surface area contributed by atoms with Crippen molar-refractivity contribution in [2.45, 2.75) is 6.42 Å². The summed E-state index contributed by atoms with van der Waals surface area (Å²) >= 11 is 0. The third-order valence-electron chi connectivity index (χ3n) is 4.26. The molecule has 4 rings (SSSR count). The fourth-order valence-electron chi connectivity index (χ4n) is 2.76. The van der Waals surface area contributed by atoms with E-state index in [2.05, 4.69) is 0 Å². The van der Waals surface area contributed by atoms with Gasteiger partial charge in [-0.3, -0.25) is 4.79 Å². The number of methoxy groups -OCH3 is 2. The van der Waals surface area contributed by atoms with Crippen molar-refractivity contribution in [1.29, 1.82) is 0 Å². The lowest BCUT2D eigenvalue weighted by Crippen LogP contribution is -2.19. The molecule has 0 aliphatic carbocycles. The van der Waals surface area contributed by atoms with Gasteiger partial charge in [-0.1, -0.05) is 6.07 Å². The average molecular weight is 384 g/mol. The summed E-state index contributed by atoms with van der Waals surface area (Å²) < 4.78 is 20.6. The van der Waals surface area contributed by atoms with E-state index in [0.717, 1.165) is 22.6 Å². The lowest BCUT2D eigenvalue weighted by atomic mass is 10.1. The number of fused-ring (bicyclic) bond motifs is 2. The molecule has 2 aromatic carbocycles. The van der Waals surface area contributed by atoms with Crippen molar-refractivity contribution in [3.8, 4) is 23.0 Å². The molecule has 0 atom stereocenters. The Morgan fingerprint density at radius 2 is 1.61 bits per heavy atom. The highest BCUT2D eigenvalue weighted by molar-refractivity contribution is 5.93. The Bertz CT molecular complexity index is 930. The summed E-state index contributed by atoms with van der Waals surface area (Å²) in [6.07, 6.45) is 2.08. The molecule has 2 heterocycles. The fourth-order valence-corrected chi connectivity index (χ4v) is 2.76. The van der Waals surface area contributed by atoms with Crippen molar-refractivity contribution in [2.24, 2.45) is 0 Å². The Morgan fingerprint density at radius 3 is 2.29 bits per heavy atom. The van der Waals surface area contributed by atoms with E-state index in [-0.39, 0.29) is 24.6 Å². The van der Waals surface area contributed by atoms with Gasteiger partial charge in [-0.15, -0.1) is 0 Å². The molecule has 2 aromatic rings. The Kier molecular flexibility index (Phi) is 5.84. The first-order valence-corrected chi connectivity index (χ1v) is 8.56. The minimum absolute atomic E-state index is 0.0928. The second-order valence-electron chi connectivity index (χ2n) is 6.14. The van der Waals surface area contributed by atoms with E-state index in [1.165, 1.54) is 0 Å². The molecule has 0 fully saturated rings. The van der Waals surface area contributed by atoms with E-state index in [1.54, 1.807) is 38.5 Å². The molecule has 2 aliphatic heterocycles. The zero-order chi connectivity index (χ0) is 20.1. The summed E-state index contributed by atoms with van der Waals surface area (Å²) in [5.41, 5.74) is 1.96. The van der Waals surface area contributed by atoms with Gasteiger partial charge in [-0.05, 0) is 24.3 Å². The number of ketones is 1. The van der Waals surface area contributed by atoms with Gasteiger partial charge in [-0.2, -0.15) is 0 Å². The van der Waals surface area contributed by atoms with Crippen LogP contribution in [0.25, 0.3) is 6.08 Å². The van der Waals surface area contributed by atoms with E-state index in [1.807, 2.05) is 18.2 Å². The molecule has 28 heavy (non-hydrogen) atoms. The number of carboxylic acid groups (broad SMARTS) is 1. The maximum atomic E-state index is 11.0. The molecule has 0 saturated carbocycles. The molecule has 0 amide bonds. The number of carbonyl (C=O) groups excluding carboxylic acids is 1. The maximum Gasteiger partial charge on any atom is 0.335 e. The number of benzene rings is 2. The summed E-state index contributed by atoms with van der Waals surface area (Å²) in [6, 6.07) is 10.8. The van der Waals surface area contributed by atoms with Crippen molar-refractivity contribution < 1.29 is 33.6 Å². The van der Waals surface area contributed by atoms with Crippen LogP contribution in [0, 0.1) is 0 Å². The first-order chi connectivity index (χ1) is 13.5. The van der Waals surface area contributed by atoms with Crippen LogP contribution in [0.2, 0.25) is 0 Å². The average Bonchev–Trinajstić information content (AvgIpc) is 2.72. The zero-order valence-electron chi connectivity index (χ0n) is 15.6. The van der Waals surface area contributed by atoms with Crippen molar-refractivity contribution in [3.05, 3.63) is 53.1 Å². The van der Waals surface area contributed by atoms with Crippen LogP contribution >= 0.6 is 0 Å². The van der Waals surface area contributed by atoms with Gasteiger partial charge in [0, 0.05) is 29.7 Å². The number of carboxylic acids is 1. The van der Waals surface area contributed by atoms with Gasteiger partial charge in [0.1, 0.15) is 36.2 Å². The number of ether oxygens (including phenoxy) is 4. The Hall–Kier alpha value is -3.48. The SMILES string of the molecule is COc1ccc2c(c1)OCC(=O)C2.COc1ccc2c(c1)OCC(C(=O)O)=C2. The molecule has 0 saturated heterocycles. The molecular formula is C21H20O7. The Morgan fingerprint density at radius 1 is 0.964 bits per heavy atom. The molecule has 0 unspecified atom stereocenters. The van der Waals surface area contributed by atoms with E-state index in [4.69, 9.17) is 24.1 Å². The smallest absolute Gasteiger partial charge is 0.335 e. The quantitative estimate of drug-likeness (QED) is 0.870. The predicted molar refractivity (Wildman–Crippen MR) is 101 cm³/mol. The number of Topliss-reactive ketones (excluding diaryl/α,β-unsaturated/α-hetero) is 1. The van der Waals surface area contributed by atoms with Crippen LogP contribution in [0.1, 0.15) is 11.1 Å². The molecule has 146 valence electrons. The fraction of sp³-hybridized carbons (Fsp3) is 0.238. The first kappa shape index (κ1) is 19.3. The van der Waals surface area contributed by atoms with Crippen LogP contribution in [0.4, 0.5) is 0 Å². The lowest BCUT2D eigenvalue weighted by molar-refractivity contribution is -0.133. The van der Waals surface area contributed by atoms with Gasteiger partial charge in [0.15, 0.2) is 5.78 Å². The van der Waals surface area contributed by atoms with Gasteiger partial charge in [0.25, 0.3) is 0 Å². The predicted octanol–water partition coefficient (Wildman–Crippen LogP) is 2.75. The highest BCUT2D eigenvalue weighted by Crippen LogP contribution is 2.30. The minimum Gasteiger partial charge on any atom is -0.497 e. The molecule has 1 N–H and O–H groups in total. The number of rotatable bonds is 3. The third-order valence-corrected chi connectivity index (χ3v) is 4.26. The highest BCUT2D eigenvalue weighted by Gasteiger charge is 2.17. The normalized spacial score (nSPS) is 14.1. The van der Waals surface area contributed by atoms with Gasteiger partial charge in [-0.25, -0.2) is 4.79 Å². The summed E-state index contributed by atoms with van der Waals surface area (Å²) in [6.45, 7) is 0.273. The van der Waals surface area contributed by atoms with Crippen LogP contribution in [-0.4, -0.2) is 44.3 Å². The van der Waals surface area contributed by atoms with Gasteiger partial charge >= 0.3 is 5.97 Å². The molecule has 0 bridgehead atoms. The number of carbonyl (C=O) groups is 2. The molecule has 0 spiro atoms. The van der Waals surface area contributed by atoms with Gasteiger partial charge in [0.05, 0.1) is 19.8 Å². The zero-order valence-corrected chi connectivity index (χ0v) is 15.6. The van der Waals surface area contributed by atoms with E-state index >= 15 is 0 Å². The minimum atomic E-state index is -0.948. The summed E-state index contributed by atoms with van der Waals surface area (Å²) in [5, 5.41) is 8.79. The first-order valence-electron chi connectivity index (χ1n) is 8.56. The Labute approximate surface area is 162 Å². The third kappa shape index (κ3) is 4.43. The molecular weight excluding hydrogens is 364 g/mol. The van der Waals surface area contributed by atoms with Crippen molar-refractivity contribution in [2.75, 3.05) is 27.4 Å². The van der Waals surface area contributed by atoms with Crippen LogP contribution in [-0.2, 0) is 16.0 Å². The van der Waals surface area contributed by atoms with E-state index < -0.39 is 5.97 Å². The van der Waals surface area contributed by atoms with E-state index in [0.29, 0.717) is 17.9 Å². The molecule has 0 radical (unpaired) electrons. The monoisotopic (exact) mass is 384 g/mol. The topological polar surface area (TPSA) is 91.3 Å². The van der Waals surface area contributed by atoms with Crippen molar-refractivity contribution >= 4 is 17.8 Å². The van der Waals surface area contributed by atoms with Crippen LogP contribution < -0.4 is 18.9 Å². The summed E-state index contributed by atoms with van der Waals surface area (Å²) in [7, 11) is 3.18. The second-order valence-corrected chi connectivity index (χ2v) is 6.14. The van der Waals surface area contributed by atoms with Crippen molar-refractivity contribution in [1.82, 2.24) is 0 Å². The summed E-state index contributed by atoms with van der Waals surface area (Å²) in [4.78, 5) is 21.7. The van der Waals surface area contributed by atoms with Crippen LogP contribution in [0.3, 0.4) is 0 Å². The lowest BCUT2D eigenvalue weighted by Gasteiger charge is -2.16. The maximum absolute atomic E-state index is 11.0. The molecule has 7 heteroatoms. The Balaban J connectivity index is 0.000000162. The molecule has 2 aliphatic rings. The van der Waals surface area contributed by atoms with E-state index in [9.17, 15) is 9.59 Å². The van der Waals surface area contributed by atoms with Crippen molar-refractivity contribution in [3.63, 3.8) is 0 Å². The largest absolute Gasteiger partial charge is 0.497 e. The second kappa shape index (κ2) is 8.47. The van der Waals surface area contributed by atoms with Crippen LogP contribution in [0.5, 0.6) is 23.0 Å². The van der Waals surface area contributed by atoms with Crippen LogP contribution in [0.15, 0.2) is 42.0 Å². The van der Waals surface area contributed by atoms with Gasteiger partial charge in [0.2, 0.25) is 0 Å². The molecule has 0 aromatic heterocycles. The van der Waals surface area contributed by atoms with Gasteiger partial charge < -0.3 is 24.1 Å². The summed E-state index contributed by atoms with van der Waals surface area (Å²) in [5.74, 6) is 2.04. The number of aliphatic carboxylic acids is 1. The molecule has 7 nitrogen and oxygen atoms in total. The highest BCUT2D eigenvalue weighted by atomic mass is 16.5. The number of hydrogen-bond acceptors (Lipinski definition) is 6.